The van der Waals surface area contributed by atoms with Gasteiger partial charge in [-0.1, -0.05) is 76.6 Å². The second-order valence-corrected chi connectivity index (χ2v) is 8.42. The molecular formula is C27H21BrN2O4. The highest BCUT2D eigenvalue weighted by molar-refractivity contribution is 9.10. The molecule has 0 bridgehead atoms. The van der Waals surface area contributed by atoms with Crippen LogP contribution in [0, 0.1) is 0 Å². The number of esters is 1. The van der Waals surface area contributed by atoms with Crippen LogP contribution in [0.5, 0.6) is 0 Å². The first-order chi connectivity index (χ1) is 16.5. The van der Waals surface area contributed by atoms with E-state index in [-0.39, 0.29) is 31.1 Å². The lowest BCUT2D eigenvalue weighted by Crippen LogP contribution is -2.17. The number of benzene rings is 3. The number of pyridine rings is 1. The van der Waals surface area contributed by atoms with E-state index in [9.17, 15) is 14.4 Å². The van der Waals surface area contributed by atoms with E-state index in [0.29, 0.717) is 16.8 Å². The maximum Gasteiger partial charge on any atom is 0.306 e. The summed E-state index contributed by atoms with van der Waals surface area (Å²) < 4.78 is 5.94. The summed E-state index contributed by atoms with van der Waals surface area (Å²) >= 11 is 3.47. The number of ketones is 1. The highest BCUT2D eigenvalue weighted by atomic mass is 79.9. The van der Waals surface area contributed by atoms with Crippen molar-refractivity contribution in [2.75, 3.05) is 11.9 Å². The molecule has 0 aliphatic carbocycles. The molecule has 0 atom stereocenters. The van der Waals surface area contributed by atoms with Crippen molar-refractivity contribution in [3.63, 3.8) is 0 Å². The van der Waals surface area contributed by atoms with E-state index in [2.05, 4.69) is 26.2 Å². The minimum absolute atomic E-state index is 0.0663. The van der Waals surface area contributed by atoms with Crippen LogP contribution in [0.1, 0.15) is 23.2 Å². The SMILES string of the molecule is O=C(CCC(=O)OCC(=O)c1ccc(-c2ccccc2)cc1)Nc1ccc(Br)c2cccnc12. The maximum atomic E-state index is 12.4. The van der Waals surface area contributed by atoms with Gasteiger partial charge >= 0.3 is 5.97 Å². The number of hydrogen-bond acceptors (Lipinski definition) is 5. The Morgan fingerprint density at radius 3 is 2.32 bits per heavy atom. The molecule has 0 saturated carbocycles. The predicted octanol–water partition coefficient (Wildman–Crippen LogP) is 5.81. The van der Waals surface area contributed by atoms with Gasteiger partial charge in [-0.3, -0.25) is 19.4 Å². The normalized spacial score (nSPS) is 10.6. The van der Waals surface area contributed by atoms with Crippen molar-refractivity contribution in [3.05, 3.63) is 95.1 Å². The van der Waals surface area contributed by atoms with Crippen LogP contribution >= 0.6 is 15.9 Å². The largest absolute Gasteiger partial charge is 0.457 e. The lowest BCUT2D eigenvalue weighted by Gasteiger charge is -2.09. The summed E-state index contributed by atoms with van der Waals surface area (Å²) in [5.74, 6) is -1.25. The monoisotopic (exact) mass is 516 g/mol. The molecule has 6 nitrogen and oxygen atoms in total. The number of hydrogen-bond donors (Lipinski definition) is 1. The molecule has 0 aliphatic heterocycles. The van der Waals surface area contributed by atoms with Crippen molar-refractivity contribution >= 4 is 50.2 Å². The third-order valence-electron chi connectivity index (χ3n) is 5.22. The maximum absolute atomic E-state index is 12.4. The molecule has 4 rings (SSSR count). The molecule has 7 heteroatoms. The number of ether oxygens (including phenoxy) is 1. The molecule has 0 unspecified atom stereocenters. The van der Waals surface area contributed by atoms with E-state index in [4.69, 9.17) is 4.74 Å². The first kappa shape index (κ1) is 23.3. The number of anilines is 1. The van der Waals surface area contributed by atoms with Crippen molar-refractivity contribution in [2.24, 2.45) is 0 Å². The minimum Gasteiger partial charge on any atom is -0.457 e. The summed E-state index contributed by atoms with van der Waals surface area (Å²) in [5, 5.41) is 3.65. The van der Waals surface area contributed by atoms with Crippen molar-refractivity contribution in [1.29, 1.82) is 0 Å². The summed E-state index contributed by atoms with van der Waals surface area (Å²) in [4.78, 5) is 41.1. The lowest BCUT2D eigenvalue weighted by molar-refractivity contribution is -0.143. The van der Waals surface area contributed by atoms with E-state index in [0.717, 1.165) is 21.0 Å². The van der Waals surface area contributed by atoms with E-state index < -0.39 is 5.97 Å². The van der Waals surface area contributed by atoms with Crippen molar-refractivity contribution < 1.29 is 19.1 Å². The molecule has 170 valence electrons. The third kappa shape index (κ3) is 5.74. The smallest absolute Gasteiger partial charge is 0.306 e. The standard InChI is InChI=1S/C27H21BrN2O4/c28-22-12-13-23(27-21(22)7-4-16-29-27)30-25(32)14-15-26(33)34-17-24(31)20-10-8-19(9-11-20)18-5-2-1-3-6-18/h1-13,16H,14-15,17H2,(H,30,32). The Balaban J connectivity index is 1.25. The molecule has 0 saturated heterocycles. The molecule has 0 fully saturated rings. The van der Waals surface area contributed by atoms with Crippen LogP contribution in [-0.4, -0.2) is 29.3 Å². The fourth-order valence-corrected chi connectivity index (χ4v) is 3.90. The van der Waals surface area contributed by atoms with Gasteiger partial charge in [0.25, 0.3) is 0 Å². The number of carbonyl (C=O) groups is 3. The van der Waals surface area contributed by atoms with E-state index in [1.165, 1.54) is 0 Å². The molecule has 1 aromatic heterocycles. The Morgan fingerprint density at radius 1 is 0.824 bits per heavy atom. The van der Waals surface area contributed by atoms with Crippen LogP contribution in [0.25, 0.3) is 22.0 Å². The molecule has 1 amide bonds. The average Bonchev–Trinajstić information content (AvgIpc) is 2.88. The Labute approximate surface area is 205 Å². The Kier molecular flexibility index (Phi) is 7.44. The molecular weight excluding hydrogens is 496 g/mol. The van der Waals surface area contributed by atoms with Crippen LogP contribution in [0.15, 0.2) is 89.5 Å². The van der Waals surface area contributed by atoms with Crippen LogP contribution in [0.3, 0.4) is 0 Å². The molecule has 0 spiro atoms. The summed E-state index contributed by atoms with van der Waals surface area (Å²) in [5.41, 5.74) is 3.72. The zero-order chi connectivity index (χ0) is 23.9. The Morgan fingerprint density at radius 2 is 1.56 bits per heavy atom. The van der Waals surface area contributed by atoms with E-state index in [1.54, 1.807) is 24.4 Å². The molecule has 3 aromatic carbocycles. The van der Waals surface area contributed by atoms with Gasteiger partial charge in [0.2, 0.25) is 5.91 Å². The van der Waals surface area contributed by atoms with Crippen LogP contribution in [-0.2, 0) is 14.3 Å². The lowest BCUT2D eigenvalue weighted by atomic mass is 10.0. The van der Waals surface area contributed by atoms with Gasteiger partial charge in [-0.25, -0.2) is 0 Å². The fourth-order valence-electron chi connectivity index (χ4n) is 3.45. The number of aromatic nitrogens is 1. The summed E-state index contributed by atoms with van der Waals surface area (Å²) in [6.45, 7) is -0.369. The van der Waals surface area contributed by atoms with Crippen LogP contribution in [0.4, 0.5) is 5.69 Å². The van der Waals surface area contributed by atoms with Gasteiger partial charge in [0.05, 0.1) is 17.6 Å². The number of Topliss-reactive ketones (excluding diaryl/α,β-unsaturated/α-hetero) is 1. The number of rotatable bonds is 8. The molecule has 4 aromatic rings. The Bertz CT molecular complexity index is 1340. The van der Waals surface area contributed by atoms with Gasteiger partial charge in [0, 0.05) is 28.0 Å². The predicted molar refractivity (Wildman–Crippen MR) is 134 cm³/mol. The fraction of sp³-hybridized carbons (Fsp3) is 0.111. The number of fused-ring (bicyclic) bond motifs is 1. The van der Waals surface area contributed by atoms with Gasteiger partial charge in [0.1, 0.15) is 0 Å². The zero-order valence-electron chi connectivity index (χ0n) is 18.2. The van der Waals surface area contributed by atoms with Gasteiger partial charge in [-0.05, 0) is 29.3 Å². The summed E-state index contributed by atoms with van der Waals surface area (Å²) in [7, 11) is 0. The van der Waals surface area contributed by atoms with Gasteiger partial charge < -0.3 is 10.1 Å². The number of carbonyl (C=O) groups excluding carboxylic acids is 3. The Hall–Kier alpha value is -3.84. The van der Waals surface area contributed by atoms with E-state index in [1.807, 2.05) is 60.7 Å². The molecule has 0 aliphatic rings. The minimum atomic E-state index is -0.608. The van der Waals surface area contributed by atoms with Crippen LogP contribution < -0.4 is 5.32 Å². The first-order valence-electron chi connectivity index (χ1n) is 10.7. The summed E-state index contributed by atoms with van der Waals surface area (Å²) in [6.07, 6.45) is 1.45. The highest BCUT2D eigenvalue weighted by Crippen LogP contribution is 2.28. The quantitative estimate of drug-likeness (QED) is 0.236. The molecule has 0 radical (unpaired) electrons. The van der Waals surface area contributed by atoms with E-state index >= 15 is 0 Å². The second kappa shape index (κ2) is 10.9. The van der Waals surface area contributed by atoms with Gasteiger partial charge in [-0.15, -0.1) is 0 Å². The van der Waals surface area contributed by atoms with Crippen molar-refractivity contribution in [3.8, 4) is 11.1 Å². The third-order valence-corrected chi connectivity index (χ3v) is 5.92. The number of nitrogens with one attached hydrogen (secondary N) is 1. The molecule has 1 N–H and O–H groups in total. The van der Waals surface area contributed by atoms with Crippen LogP contribution in [0.2, 0.25) is 0 Å². The molecule has 34 heavy (non-hydrogen) atoms. The number of halogens is 1. The van der Waals surface area contributed by atoms with Gasteiger partial charge in [0.15, 0.2) is 12.4 Å². The number of amides is 1. The highest BCUT2D eigenvalue weighted by Gasteiger charge is 2.14. The van der Waals surface area contributed by atoms with Crippen molar-refractivity contribution in [1.82, 2.24) is 4.98 Å². The second-order valence-electron chi connectivity index (χ2n) is 7.57. The molecule has 1 heterocycles. The topological polar surface area (TPSA) is 85.4 Å². The average molecular weight is 517 g/mol. The number of nitrogens with zero attached hydrogens (tertiary/aromatic N) is 1. The zero-order valence-corrected chi connectivity index (χ0v) is 19.7. The summed E-state index contributed by atoms with van der Waals surface area (Å²) in [6, 6.07) is 24.2. The van der Waals surface area contributed by atoms with Crippen molar-refractivity contribution in [2.45, 2.75) is 12.8 Å². The first-order valence-corrected chi connectivity index (χ1v) is 11.5. The van der Waals surface area contributed by atoms with Gasteiger partial charge in [-0.2, -0.15) is 0 Å².